The standard InChI is InChI=1S/C12H18N4S/c1-3-10-11(4-5-13)17-12(14-10)16-8-6-15(2)7-9-16/h3-4,6-9H2,1-2H3. The van der Waals surface area contributed by atoms with Gasteiger partial charge in [-0.15, -0.1) is 11.3 Å². The number of anilines is 1. The van der Waals surface area contributed by atoms with Gasteiger partial charge in [0.25, 0.3) is 0 Å². The summed E-state index contributed by atoms with van der Waals surface area (Å²) in [7, 11) is 2.15. The predicted octanol–water partition coefficient (Wildman–Crippen LogP) is 1.52. The molecule has 0 unspecified atom stereocenters. The molecule has 1 saturated heterocycles. The van der Waals surface area contributed by atoms with Gasteiger partial charge in [-0.25, -0.2) is 4.98 Å². The first-order valence-electron chi connectivity index (χ1n) is 6.03. The highest BCUT2D eigenvalue weighted by molar-refractivity contribution is 7.15. The van der Waals surface area contributed by atoms with Crippen molar-refractivity contribution in [3.63, 3.8) is 0 Å². The Bertz CT molecular complexity index is 413. The molecule has 0 aromatic carbocycles. The van der Waals surface area contributed by atoms with Gasteiger partial charge in [0.15, 0.2) is 5.13 Å². The molecule has 0 saturated carbocycles. The van der Waals surface area contributed by atoms with E-state index in [-0.39, 0.29) is 0 Å². The molecule has 5 heteroatoms. The molecule has 0 aliphatic carbocycles. The second kappa shape index (κ2) is 5.48. The van der Waals surface area contributed by atoms with Crippen LogP contribution >= 0.6 is 11.3 Å². The lowest BCUT2D eigenvalue weighted by atomic mass is 10.2. The largest absolute Gasteiger partial charge is 0.346 e. The molecule has 1 fully saturated rings. The van der Waals surface area contributed by atoms with Gasteiger partial charge in [-0.2, -0.15) is 5.26 Å². The summed E-state index contributed by atoms with van der Waals surface area (Å²) in [6.07, 6.45) is 1.41. The summed E-state index contributed by atoms with van der Waals surface area (Å²) >= 11 is 1.69. The van der Waals surface area contributed by atoms with Crippen LogP contribution in [0.4, 0.5) is 5.13 Å². The van der Waals surface area contributed by atoms with E-state index in [1.807, 2.05) is 0 Å². The fourth-order valence-corrected chi connectivity index (χ4v) is 3.12. The first-order chi connectivity index (χ1) is 8.24. The second-order valence-electron chi connectivity index (χ2n) is 4.35. The van der Waals surface area contributed by atoms with E-state index in [1.165, 1.54) is 0 Å². The predicted molar refractivity (Wildman–Crippen MR) is 70.5 cm³/mol. The van der Waals surface area contributed by atoms with Crippen molar-refractivity contribution in [2.75, 3.05) is 38.1 Å². The Morgan fingerprint density at radius 1 is 1.35 bits per heavy atom. The van der Waals surface area contributed by atoms with Gasteiger partial charge in [0.2, 0.25) is 0 Å². The number of hydrogen-bond acceptors (Lipinski definition) is 5. The zero-order chi connectivity index (χ0) is 12.3. The third-order valence-corrected chi connectivity index (χ3v) is 4.27. The quantitative estimate of drug-likeness (QED) is 0.816. The fourth-order valence-electron chi connectivity index (χ4n) is 1.99. The average molecular weight is 250 g/mol. The SMILES string of the molecule is CCc1nc(N2CCN(C)CC2)sc1CC#N. The van der Waals surface area contributed by atoms with Crippen LogP contribution in [-0.4, -0.2) is 43.1 Å². The maximum atomic E-state index is 8.80. The summed E-state index contributed by atoms with van der Waals surface area (Å²) in [4.78, 5) is 10.5. The van der Waals surface area contributed by atoms with Gasteiger partial charge in [0.05, 0.1) is 18.2 Å². The number of thiazole rings is 1. The fraction of sp³-hybridized carbons (Fsp3) is 0.667. The van der Waals surface area contributed by atoms with Gasteiger partial charge >= 0.3 is 0 Å². The van der Waals surface area contributed by atoms with Crippen LogP contribution in [0.15, 0.2) is 0 Å². The molecule has 92 valence electrons. The van der Waals surface area contributed by atoms with Gasteiger partial charge in [0, 0.05) is 31.1 Å². The van der Waals surface area contributed by atoms with Gasteiger partial charge in [-0.3, -0.25) is 0 Å². The van der Waals surface area contributed by atoms with Crippen LogP contribution < -0.4 is 4.90 Å². The topological polar surface area (TPSA) is 43.2 Å². The van der Waals surface area contributed by atoms with Crippen LogP contribution in [0.3, 0.4) is 0 Å². The number of hydrogen-bond donors (Lipinski definition) is 0. The minimum Gasteiger partial charge on any atom is -0.346 e. The Balaban J connectivity index is 2.13. The molecule has 2 heterocycles. The van der Waals surface area contributed by atoms with Crippen molar-refractivity contribution >= 4 is 16.5 Å². The molecule has 1 aliphatic rings. The minimum absolute atomic E-state index is 0.495. The van der Waals surface area contributed by atoms with E-state index in [2.05, 4.69) is 34.8 Å². The summed E-state index contributed by atoms with van der Waals surface area (Å²) in [5.41, 5.74) is 1.10. The van der Waals surface area contributed by atoms with Crippen molar-refractivity contribution < 1.29 is 0 Å². The summed E-state index contributed by atoms with van der Waals surface area (Å²) in [5.74, 6) is 0. The Hall–Kier alpha value is -1.12. The molecule has 0 radical (unpaired) electrons. The number of nitriles is 1. The van der Waals surface area contributed by atoms with Crippen molar-refractivity contribution in [1.82, 2.24) is 9.88 Å². The monoisotopic (exact) mass is 250 g/mol. The van der Waals surface area contributed by atoms with E-state index in [9.17, 15) is 0 Å². The maximum absolute atomic E-state index is 8.80. The van der Waals surface area contributed by atoms with Crippen molar-refractivity contribution in [2.24, 2.45) is 0 Å². The number of aryl methyl sites for hydroxylation is 1. The molecule has 17 heavy (non-hydrogen) atoms. The zero-order valence-electron chi connectivity index (χ0n) is 10.4. The molecule has 0 N–H and O–H groups in total. The van der Waals surface area contributed by atoms with E-state index in [1.54, 1.807) is 11.3 Å². The lowest BCUT2D eigenvalue weighted by molar-refractivity contribution is 0.312. The summed E-state index contributed by atoms with van der Waals surface area (Å²) in [6.45, 7) is 6.37. The molecule has 0 bridgehead atoms. The average Bonchev–Trinajstić information content (AvgIpc) is 2.74. The van der Waals surface area contributed by atoms with Gasteiger partial charge < -0.3 is 9.80 Å². The van der Waals surface area contributed by atoms with Crippen LogP contribution in [0.1, 0.15) is 17.5 Å². The summed E-state index contributed by atoms with van der Waals surface area (Å²) in [6, 6.07) is 2.23. The Labute approximate surface area is 106 Å². The van der Waals surface area contributed by atoms with Crippen LogP contribution in [-0.2, 0) is 12.8 Å². The Kier molecular flexibility index (Phi) is 3.97. The second-order valence-corrected chi connectivity index (χ2v) is 5.41. The number of piperazine rings is 1. The first kappa shape index (κ1) is 12.3. The third-order valence-electron chi connectivity index (χ3n) is 3.12. The Morgan fingerprint density at radius 2 is 2.06 bits per heavy atom. The molecular formula is C12H18N4S. The normalized spacial score (nSPS) is 17.1. The van der Waals surface area contributed by atoms with E-state index in [0.717, 1.165) is 48.3 Å². The molecule has 2 rings (SSSR count). The van der Waals surface area contributed by atoms with Crippen molar-refractivity contribution in [1.29, 1.82) is 5.26 Å². The van der Waals surface area contributed by atoms with Crippen molar-refractivity contribution in [2.45, 2.75) is 19.8 Å². The highest BCUT2D eigenvalue weighted by Gasteiger charge is 2.19. The zero-order valence-corrected chi connectivity index (χ0v) is 11.3. The van der Waals surface area contributed by atoms with Crippen LogP contribution in [0, 0.1) is 11.3 Å². The number of rotatable bonds is 3. The molecular weight excluding hydrogens is 232 g/mol. The lowest BCUT2D eigenvalue weighted by Gasteiger charge is -2.32. The van der Waals surface area contributed by atoms with E-state index < -0.39 is 0 Å². The highest BCUT2D eigenvalue weighted by atomic mass is 32.1. The molecule has 4 nitrogen and oxygen atoms in total. The third kappa shape index (κ3) is 2.76. The first-order valence-corrected chi connectivity index (χ1v) is 6.85. The van der Waals surface area contributed by atoms with E-state index in [0.29, 0.717) is 6.42 Å². The van der Waals surface area contributed by atoms with E-state index in [4.69, 9.17) is 5.26 Å². The highest BCUT2D eigenvalue weighted by Crippen LogP contribution is 2.27. The molecule has 1 aliphatic heterocycles. The molecule has 0 atom stereocenters. The number of aromatic nitrogens is 1. The number of nitrogens with zero attached hydrogens (tertiary/aromatic N) is 4. The Morgan fingerprint density at radius 3 is 2.65 bits per heavy atom. The molecule has 1 aromatic rings. The number of likely N-dealkylation sites (N-methyl/N-ethyl adjacent to an activating group) is 1. The van der Waals surface area contributed by atoms with Crippen LogP contribution in [0.5, 0.6) is 0 Å². The summed E-state index contributed by atoms with van der Waals surface area (Å²) in [5, 5.41) is 9.90. The maximum Gasteiger partial charge on any atom is 0.185 e. The molecule has 0 amide bonds. The van der Waals surface area contributed by atoms with E-state index >= 15 is 0 Å². The van der Waals surface area contributed by atoms with Gasteiger partial charge in [0.1, 0.15) is 0 Å². The summed E-state index contributed by atoms with van der Waals surface area (Å²) < 4.78 is 0. The molecule has 0 spiro atoms. The van der Waals surface area contributed by atoms with Crippen LogP contribution in [0.25, 0.3) is 0 Å². The minimum atomic E-state index is 0.495. The van der Waals surface area contributed by atoms with Crippen molar-refractivity contribution in [3.8, 4) is 6.07 Å². The molecule has 1 aromatic heterocycles. The lowest BCUT2D eigenvalue weighted by Crippen LogP contribution is -2.44. The smallest absolute Gasteiger partial charge is 0.185 e. The van der Waals surface area contributed by atoms with Gasteiger partial charge in [-0.1, -0.05) is 6.92 Å². The van der Waals surface area contributed by atoms with Gasteiger partial charge in [-0.05, 0) is 13.5 Å². The van der Waals surface area contributed by atoms with Crippen LogP contribution in [0.2, 0.25) is 0 Å². The van der Waals surface area contributed by atoms with Crippen molar-refractivity contribution in [3.05, 3.63) is 10.6 Å².